The number of aromatic nitrogens is 1. The zero-order valence-corrected chi connectivity index (χ0v) is 19.0. The maximum absolute atomic E-state index is 12.5. The number of benzene rings is 1. The van der Waals surface area contributed by atoms with Crippen molar-refractivity contribution in [2.45, 2.75) is 65.0 Å². The number of carbonyl (C=O) groups is 1. The number of anilines is 1. The van der Waals surface area contributed by atoms with Crippen LogP contribution < -0.4 is 16.0 Å². The minimum absolute atomic E-state index is 0.154. The number of hydrogen-bond acceptors (Lipinski definition) is 4. The summed E-state index contributed by atoms with van der Waals surface area (Å²) in [5.41, 5.74) is 3.08. The summed E-state index contributed by atoms with van der Waals surface area (Å²) in [5, 5.41) is 12.9. The molecule has 6 nitrogen and oxygen atoms in total. The number of hydrogen-bond donors (Lipinski definition) is 3. The molecule has 0 unspecified atom stereocenters. The lowest BCUT2D eigenvalue weighted by molar-refractivity contribution is -0.120. The van der Waals surface area contributed by atoms with Crippen LogP contribution in [0.15, 0.2) is 34.6 Å². The first kappa shape index (κ1) is 22.3. The molecule has 3 N–H and O–H groups in total. The van der Waals surface area contributed by atoms with Crippen molar-refractivity contribution in [2.75, 3.05) is 12.4 Å². The average Bonchev–Trinajstić information content (AvgIpc) is 3.24. The molecule has 1 heterocycles. The number of rotatable bonds is 7. The third kappa shape index (κ3) is 6.55. The van der Waals surface area contributed by atoms with E-state index in [1.54, 1.807) is 18.4 Å². The van der Waals surface area contributed by atoms with Crippen LogP contribution in [0.5, 0.6) is 0 Å². The number of carbonyl (C=O) groups excluding carboxylic acids is 1. The first-order valence-electron chi connectivity index (χ1n) is 10.8. The molecule has 0 radical (unpaired) electrons. The number of nitrogens with zero attached hydrogens (tertiary/aromatic N) is 2. The molecule has 162 valence electrons. The summed E-state index contributed by atoms with van der Waals surface area (Å²) in [4.78, 5) is 21.4. The van der Waals surface area contributed by atoms with E-state index in [9.17, 15) is 4.79 Å². The van der Waals surface area contributed by atoms with Gasteiger partial charge in [-0.25, -0.2) is 4.98 Å². The van der Waals surface area contributed by atoms with Crippen LogP contribution in [0.1, 0.15) is 68.1 Å². The van der Waals surface area contributed by atoms with Gasteiger partial charge >= 0.3 is 0 Å². The molecule has 1 fully saturated rings. The summed E-state index contributed by atoms with van der Waals surface area (Å²) in [6.07, 6.45) is 5.59. The third-order valence-electron chi connectivity index (χ3n) is 5.42. The Labute approximate surface area is 183 Å². The van der Waals surface area contributed by atoms with Gasteiger partial charge in [0, 0.05) is 30.6 Å². The molecule has 1 aliphatic carbocycles. The van der Waals surface area contributed by atoms with E-state index < -0.39 is 0 Å². The molecule has 1 amide bonds. The maximum Gasteiger partial charge on any atom is 0.227 e. The highest BCUT2D eigenvalue weighted by molar-refractivity contribution is 7.09. The number of thiazole rings is 1. The summed E-state index contributed by atoms with van der Waals surface area (Å²) < 4.78 is 0. The molecule has 1 aromatic heterocycles. The van der Waals surface area contributed by atoms with Gasteiger partial charge in [0.2, 0.25) is 5.91 Å². The lowest BCUT2D eigenvalue weighted by Crippen LogP contribution is -2.36. The molecular weight excluding hydrogens is 394 g/mol. The third-order valence-corrected chi connectivity index (χ3v) is 6.29. The molecule has 0 saturated heterocycles. The smallest absolute Gasteiger partial charge is 0.227 e. The second-order valence-corrected chi connectivity index (χ2v) is 9.07. The minimum Gasteiger partial charge on any atom is -0.352 e. The summed E-state index contributed by atoms with van der Waals surface area (Å²) in [6.45, 7) is 5.58. The van der Waals surface area contributed by atoms with E-state index in [1.165, 1.54) is 6.42 Å². The second kappa shape index (κ2) is 11.1. The number of guanidine groups is 1. The summed E-state index contributed by atoms with van der Waals surface area (Å²) in [6, 6.07) is 8.00. The van der Waals surface area contributed by atoms with Crippen LogP contribution in [0, 0.1) is 5.92 Å². The Morgan fingerprint density at radius 3 is 2.67 bits per heavy atom. The average molecular weight is 428 g/mol. The van der Waals surface area contributed by atoms with Crippen LogP contribution in [0.25, 0.3) is 0 Å². The quantitative estimate of drug-likeness (QED) is 0.444. The molecule has 0 atom stereocenters. The summed E-state index contributed by atoms with van der Waals surface area (Å²) in [5.74, 6) is 1.48. The van der Waals surface area contributed by atoms with Gasteiger partial charge in [0.1, 0.15) is 5.01 Å². The topological polar surface area (TPSA) is 78.4 Å². The predicted molar refractivity (Wildman–Crippen MR) is 125 cm³/mol. The molecule has 7 heteroatoms. The lowest BCUT2D eigenvalue weighted by Gasteiger charge is -2.21. The Morgan fingerprint density at radius 1 is 1.20 bits per heavy atom. The monoisotopic (exact) mass is 427 g/mol. The van der Waals surface area contributed by atoms with Crippen LogP contribution in [0.3, 0.4) is 0 Å². The predicted octanol–water partition coefficient (Wildman–Crippen LogP) is 4.65. The van der Waals surface area contributed by atoms with Gasteiger partial charge in [0.05, 0.1) is 12.2 Å². The fourth-order valence-corrected chi connectivity index (χ4v) is 4.50. The first-order valence-corrected chi connectivity index (χ1v) is 11.7. The maximum atomic E-state index is 12.5. The van der Waals surface area contributed by atoms with Crippen LogP contribution >= 0.6 is 11.3 Å². The van der Waals surface area contributed by atoms with Gasteiger partial charge in [0.25, 0.3) is 0 Å². The fraction of sp³-hybridized carbons (Fsp3) is 0.522. The van der Waals surface area contributed by atoms with E-state index in [0.717, 1.165) is 53.6 Å². The highest BCUT2D eigenvalue weighted by Crippen LogP contribution is 2.25. The van der Waals surface area contributed by atoms with Gasteiger partial charge in [-0.2, -0.15) is 0 Å². The van der Waals surface area contributed by atoms with E-state index in [2.05, 4.69) is 45.2 Å². The molecule has 0 spiro atoms. The fourth-order valence-electron chi connectivity index (χ4n) is 3.61. The Kier molecular flexibility index (Phi) is 8.25. The molecule has 1 aliphatic rings. The summed E-state index contributed by atoms with van der Waals surface area (Å²) in [7, 11) is 1.76. The highest BCUT2D eigenvalue weighted by Gasteiger charge is 2.21. The Balaban J connectivity index is 1.49. The molecule has 0 aliphatic heterocycles. The Bertz CT molecular complexity index is 855. The molecule has 0 bridgehead atoms. The van der Waals surface area contributed by atoms with Crippen molar-refractivity contribution in [3.05, 3.63) is 45.9 Å². The normalized spacial score (nSPS) is 15.3. The van der Waals surface area contributed by atoms with E-state index in [0.29, 0.717) is 19.0 Å². The van der Waals surface area contributed by atoms with Crippen LogP contribution in [0.2, 0.25) is 0 Å². The van der Waals surface area contributed by atoms with Gasteiger partial charge in [-0.3, -0.25) is 9.79 Å². The van der Waals surface area contributed by atoms with Crippen molar-refractivity contribution in [3.8, 4) is 0 Å². The second-order valence-electron chi connectivity index (χ2n) is 8.12. The zero-order chi connectivity index (χ0) is 21.3. The van der Waals surface area contributed by atoms with Gasteiger partial charge in [-0.05, 0) is 36.5 Å². The largest absolute Gasteiger partial charge is 0.352 e. The highest BCUT2D eigenvalue weighted by atomic mass is 32.1. The number of nitrogens with one attached hydrogen (secondary N) is 3. The van der Waals surface area contributed by atoms with Crippen molar-refractivity contribution >= 4 is 28.9 Å². The van der Waals surface area contributed by atoms with E-state index in [-0.39, 0.29) is 11.8 Å². The number of aliphatic imine (C=N–C) groups is 1. The van der Waals surface area contributed by atoms with Gasteiger partial charge in [0.15, 0.2) is 5.96 Å². The van der Waals surface area contributed by atoms with Gasteiger partial charge < -0.3 is 16.0 Å². The van der Waals surface area contributed by atoms with Crippen LogP contribution in [0.4, 0.5) is 5.69 Å². The van der Waals surface area contributed by atoms with E-state index >= 15 is 0 Å². The molecule has 1 aromatic carbocycles. The van der Waals surface area contributed by atoms with E-state index in [1.807, 2.05) is 24.3 Å². The zero-order valence-electron chi connectivity index (χ0n) is 18.2. The molecule has 1 saturated carbocycles. The van der Waals surface area contributed by atoms with Crippen molar-refractivity contribution < 1.29 is 4.79 Å². The molecular formula is C23H33N5OS. The van der Waals surface area contributed by atoms with Crippen molar-refractivity contribution in [3.63, 3.8) is 0 Å². The van der Waals surface area contributed by atoms with E-state index in [4.69, 9.17) is 0 Å². The molecule has 3 rings (SSSR count). The van der Waals surface area contributed by atoms with Crippen molar-refractivity contribution in [1.82, 2.24) is 15.6 Å². The Hall–Kier alpha value is -2.41. The van der Waals surface area contributed by atoms with Crippen LogP contribution in [-0.4, -0.2) is 23.9 Å². The lowest BCUT2D eigenvalue weighted by atomic mass is 9.88. The minimum atomic E-state index is 0.154. The van der Waals surface area contributed by atoms with Crippen LogP contribution in [-0.2, 0) is 17.9 Å². The number of amides is 1. The standard InChI is InChI=1S/C23H33N5OS/c1-16(2)20-15-30-21(28-20)14-26-23(24-3)25-13-17-8-7-11-19(12-17)27-22(29)18-9-5-4-6-10-18/h7-8,11-12,15-16,18H,4-6,9-10,13-14H2,1-3H3,(H,27,29)(H2,24,25,26). The molecule has 2 aromatic rings. The summed E-state index contributed by atoms with van der Waals surface area (Å²) >= 11 is 1.67. The van der Waals surface area contributed by atoms with Gasteiger partial charge in [-0.15, -0.1) is 11.3 Å². The first-order chi connectivity index (χ1) is 14.5. The van der Waals surface area contributed by atoms with Crippen molar-refractivity contribution in [1.29, 1.82) is 0 Å². The van der Waals surface area contributed by atoms with Gasteiger partial charge in [-0.1, -0.05) is 45.2 Å². The Morgan fingerprint density at radius 2 is 1.97 bits per heavy atom. The SMILES string of the molecule is CN=C(NCc1cccc(NC(=O)C2CCCCC2)c1)NCc1nc(C(C)C)cs1. The molecule has 30 heavy (non-hydrogen) atoms. The van der Waals surface area contributed by atoms with Crippen molar-refractivity contribution in [2.24, 2.45) is 10.9 Å².